The Morgan fingerprint density at radius 3 is 2.60 bits per heavy atom. The molecule has 0 bridgehead atoms. The highest BCUT2D eigenvalue weighted by molar-refractivity contribution is 9.10. The fraction of sp³-hybridized carbons (Fsp3) is 0.438. The second-order valence-corrected chi connectivity index (χ2v) is 6.13. The van der Waals surface area contributed by atoms with Gasteiger partial charge in [0.2, 0.25) is 0 Å². The van der Waals surface area contributed by atoms with Crippen molar-refractivity contribution in [2.24, 2.45) is 5.92 Å². The number of rotatable bonds is 4. The third kappa shape index (κ3) is 5.37. The molecule has 0 unspecified atom stereocenters. The molecule has 0 heterocycles. The van der Waals surface area contributed by atoms with E-state index in [0.717, 1.165) is 10.0 Å². The number of benzene rings is 1. The number of allylic oxidation sites excluding steroid dienone is 1. The maximum Gasteiger partial charge on any atom is 0.319 e. The van der Waals surface area contributed by atoms with Crippen molar-refractivity contribution in [1.29, 1.82) is 0 Å². The molecule has 0 atom stereocenters. The second-order valence-electron chi connectivity index (χ2n) is 5.21. The van der Waals surface area contributed by atoms with Crippen molar-refractivity contribution in [2.45, 2.75) is 38.6 Å². The molecule has 1 aromatic carbocycles. The molecule has 0 aromatic heterocycles. The topological polar surface area (TPSA) is 41.1 Å². The van der Waals surface area contributed by atoms with E-state index in [4.69, 9.17) is 0 Å². The quantitative estimate of drug-likeness (QED) is 0.843. The van der Waals surface area contributed by atoms with E-state index in [2.05, 4.69) is 32.6 Å². The third-order valence-corrected chi connectivity index (χ3v) is 4.13. The molecule has 1 aliphatic carbocycles. The summed E-state index contributed by atoms with van der Waals surface area (Å²) in [6, 6.07) is 7.76. The van der Waals surface area contributed by atoms with Gasteiger partial charge < -0.3 is 10.6 Å². The lowest BCUT2D eigenvalue weighted by molar-refractivity contribution is 0.243. The first kappa shape index (κ1) is 15.1. The minimum Gasteiger partial charge on any atom is -0.334 e. The summed E-state index contributed by atoms with van der Waals surface area (Å²) in [7, 11) is 0. The number of nitrogens with one attached hydrogen (secondary N) is 2. The lowest BCUT2D eigenvalue weighted by Gasteiger charge is -2.17. The summed E-state index contributed by atoms with van der Waals surface area (Å²) in [5.41, 5.74) is 1.08. The summed E-state index contributed by atoms with van der Waals surface area (Å²) in [5, 5.41) is 5.61. The van der Waals surface area contributed by atoms with Gasteiger partial charge in [-0.15, -0.1) is 0 Å². The number of hydrogen-bond acceptors (Lipinski definition) is 1. The fourth-order valence-corrected chi connectivity index (χ4v) is 2.69. The van der Waals surface area contributed by atoms with Crippen molar-refractivity contribution in [2.75, 3.05) is 0 Å². The molecule has 3 nitrogen and oxygen atoms in total. The summed E-state index contributed by atoms with van der Waals surface area (Å²) in [6.45, 7) is 0.538. The Balaban J connectivity index is 1.67. The second kappa shape index (κ2) is 8.10. The molecule has 108 valence electrons. The molecule has 2 rings (SSSR count). The van der Waals surface area contributed by atoms with Crippen LogP contribution in [0.5, 0.6) is 0 Å². The lowest BCUT2D eigenvalue weighted by atomic mass is 9.89. The highest BCUT2D eigenvalue weighted by atomic mass is 79.9. The van der Waals surface area contributed by atoms with Crippen LogP contribution in [0.25, 0.3) is 0 Å². The van der Waals surface area contributed by atoms with Gasteiger partial charge in [0, 0.05) is 17.2 Å². The van der Waals surface area contributed by atoms with Gasteiger partial charge in [0.05, 0.1) is 0 Å². The number of halogens is 1. The Hall–Kier alpha value is -1.29. The lowest BCUT2D eigenvalue weighted by Crippen LogP contribution is -2.31. The zero-order valence-corrected chi connectivity index (χ0v) is 13.2. The summed E-state index contributed by atoms with van der Waals surface area (Å²) >= 11 is 3.39. The van der Waals surface area contributed by atoms with E-state index in [9.17, 15) is 4.79 Å². The molecule has 0 aliphatic heterocycles. The number of carbonyl (C=O) groups is 1. The Bertz CT molecular complexity index is 450. The number of hydrogen-bond donors (Lipinski definition) is 2. The van der Waals surface area contributed by atoms with Crippen LogP contribution in [0.1, 0.15) is 37.7 Å². The van der Waals surface area contributed by atoms with Gasteiger partial charge in [0.15, 0.2) is 0 Å². The first-order valence-corrected chi connectivity index (χ1v) is 7.99. The van der Waals surface area contributed by atoms with Gasteiger partial charge in [-0.2, -0.15) is 0 Å². The van der Waals surface area contributed by atoms with Gasteiger partial charge in [-0.05, 0) is 36.5 Å². The molecule has 1 saturated carbocycles. The number of amides is 2. The van der Waals surface area contributed by atoms with Gasteiger partial charge >= 0.3 is 6.03 Å². The highest BCUT2D eigenvalue weighted by Gasteiger charge is 2.09. The van der Waals surface area contributed by atoms with Gasteiger partial charge in [-0.25, -0.2) is 4.79 Å². The van der Waals surface area contributed by atoms with Crippen molar-refractivity contribution >= 4 is 22.0 Å². The molecule has 1 fully saturated rings. The summed E-state index contributed by atoms with van der Waals surface area (Å²) in [5.74, 6) is 0.635. The van der Waals surface area contributed by atoms with E-state index >= 15 is 0 Å². The third-order valence-electron chi connectivity index (χ3n) is 3.60. The van der Waals surface area contributed by atoms with Crippen LogP contribution in [0.2, 0.25) is 0 Å². The molecule has 1 aromatic rings. The molecule has 0 spiro atoms. The van der Waals surface area contributed by atoms with Crippen LogP contribution in [-0.2, 0) is 6.54 Å². The van der Waals surface area contributed by atoms with Crippen LogP contribution in [0, 0.1) is 5.92 Å². The average molecular weight is 337 g/mol. The van der Waals surface area contributed by atoms with Crippen molar-refractivity contribution < 1.29 is 4.79 Å². The molecule has 0 saturated heterocycles. The molecule has 2 amide bonds. The summed E-state index contributed by atoms with van der Waals surface area (Å²) in [4.78, 5) is 11.6. The van der Waals surface area contributed by atoms with Crippen molar-refractivity contribution in [1.82, 2.24) is 10.6 Å². The SMILES string of the molecule is O=C(N/C=C/C1CCCCC1)NCc1ccc(Br)cc1. The van der Waals surface area contributed by atoms with Crippen LogP contribution in [-0.4, -0.2) is 6.03 Å². The number of urea groups is 1. The molecule has 1 aliphatic rings. The average Bonchev–Trinajstić information content (AvgIpc) is 2.48. The Morgan fingerprint density at radius 1 is 1.20 bits per heavy atom. The van der Waals surface area contributed by atoms with E-state index in [1.165, 1.54) is 32.1 Å². The molecular formula is C16H21BrN2O. The molecule has 20 heavy (non-hydrogen) atoms. The molecule has 0 radical (unpaired) electrons. The van der Waals surface area contributed by atoms with Gasteiger partial charge in [0.1, 0.15) is 0 Å². The largest absolute Gasteiger partial charge is 0.334 e. The van der Waals surface area contributed by atoms with Crippen LogP contribution in [0.3, 0.4) is 0 Å². The number of carbonyl (C=O) groups excluding carboxylic acids is 1. The molecule has 2 N–H and O–H groups in total. The Labute approximate surface area is 129 Å². The molecular weight excluding hydrogens is 316 g/mol. The zero-order valence-electron chi connectivity index (χ0n) is 11.6. The highest BCUT2D eigenvalue weighted by Crippen LogP contribution is 2.24. The van der Waals surface area contributed by atoms with E-state index in [-0.39, 0.29) is 6.03 Å². The van der Waals surface area contributed by atoms with E-state index < -0.39 is 0 Å². The maximum atomic E-state index is 11.6. The molecule has 4 heteroatoms. The first-order chi connectivity index (χ1) is 9.74. The van der Waals surface area contributed by atoms with Crippen molar-refractivity contribution in [3.05, 3.63) is 46.6 Å². The summed E-state index contributed by atoms with van der Waals surface area (Å²) in [6.07, 6.45) is 10.4. The van der Waals surface area contributed by atoms with Crippen molar-refractivity contribution in [3.63, 3.8) is 0 Å². The zero-order chi connectivity index (χ0) is 14.2. The Morgan fingerprint density at radius 2 is 1.90 bits per heavy atom. The summed E-state index contributed by atoms with van der Waals surface area (Å²) < 4.78 is 1.04. The first-order valence-electron chi connectivity index (χ1n) is 7.19. The monoisotopic (exact) mass is 336 g/mol. The predicted octanol–water partition coefficient (Wildman–Crippen LogP) is 4.34. The van der Waals surface area contributed by atoms with Crippen LogP contribution >= 0.6 is 15.9 Å². The normalized spacial score (nSPS) is 16.2. The van der Waals surface area contributed by atoms with E-state index in [1.54, 1.807) is 6.20 Å². The smallest absolute Gasteiger partial charge is 0.319 e. The minimum atomic E-state index is -0.153. The van der Waals surface area contributed by atoms with Crippen LogP contribution < -0.4 is 10.6 Å². The predicted molar refractivity (Wildman–Crippen MR) is 85.2 cm³/mol. The maximum absolute atomic E-state index is 11.6. The van der Waals surface area contributed by atoms with Crippen molar-refractivity contribution in [3.8, 4) is 0 Å². The van der Waals surface area contributed by atoms with Gasteiger partial charge in [-0.1, -0.05) is 53.4 Å². The van der Waals surface area contributed by atoms with Crippen LogP contribution in [0.4, 0.5) is 4.79 Å². The van der Waals surface area contributed by atoms with Gasteiger partial charge in [0.25, 0.3) is 0 Å². The minimum absolute atomic E-state index is 0.153. The van der Waals surface area contributed by atoms with Crippen LogP contribution in [0.15, 0.2) is 41.0 Å². The fourth-order valence-electron chi connectivity index (χ4n) is 2.42. The Kier molecular flexibility index (Phi) is 6.12. The van der Waals surface area contributed by atoms with E-state index in [1.807, 2.05) is 24.3 Å². The van der Waals surface area contributed by atoms with E-state index in [0.29, 0.717) is 12.5 Å². The van der Waals surface area contributed by atoms with Gasteiger partial charge in [-0.3, -0.25) is 0 Å². The standard InChI is InChI=1S/C16H21BrN2O/c17-15-8-6-14(7-9-15)12-19-16(20)18-11-10-13-4-2-1-3-5-13/h6-11,13H,1-5,12H2,(H2,18,19,20)/b11-10+.